The molecule has 0 saturated carbocycles. The molecule has 8 nitrogen and oxygen atoms in total. The molecule has 1 saturated heterocycles. The summed E-state index contributed by atoms with van der Waals surface area (Å²) in [7, 11) is -3.73. The van der Waals surface area contributed by atoms with Crippen molar-refractivity contribution in [2.24, 2.45) is 0 Å². The summed E-state index contributed by atoms with van der Waals surface area (Å²) in [6.07, 6.45) is 2.62. The number of rotatable bonds is 4. The Labute approximate surface area is 155 Å². The lowest BCUT2D eigenvalue weighted by molar-refractivity contribution is -0.123. The number of hydrogen-bond acceptors (Lipinski definition) is 7. The largest absolute Gasteiger partial charge is 0.312 e. The highest BCUT2D eigenvalue weighted by molar-refractivity contribution is 7.88. The molecule has 2 N–H and O–H groups in total. The van der Waals surface area contributed by atoms with Gasteiger partial charge in [-0.05, 0) is 5.56 Å². The number of nitriles is 1. The second-order valence-corrected chi connectivity index (χ2v) is 8.77. The van der Waals surface area contributed by atoms with Crippen molar-refractivity contribution in [2.45, 2.75) is 5.54 Å². The van der Waals surface area contributed by atoms with Crippen molar-refractivity contribution in [3.63, 3.8) is 0 Å². The molecule has 0 bridgehead atoms. The number of thiazole rings is 1. The molecular formula is C16H17N5O3S2. The Morgan fingerprint density at radius 1 is 1.42 bits per heavy atom. The van der Waals surface area contributed by atoms with E-state index in [1.54, 1.807) is 6.20 Å². The first kappa shape index (κ1) is 18.5. The van der Waals surface area contributed by atoms with Crippen LogP contribution in [0.4, 0.5) is 5.13 Å². The maximum Gasteiger partial charge on any atom is 0.263 e. The van der Waals surface area contributed by atoms with E-state index in [1.807, 2.05) is 36.4 Å². The van der Waals surface area contributed by atoms with Crippen LogP contribution in [0.25, 0.3) is 10.4 Å². The van der Waals surface area contributed by atoms with Gasteiger partial charge in [0.15, 0.2) is 5.13 Å². The first-order valence-electron chi connectivity index (χ1n) is 7.79. The average molecular weight is 391 g/mol. The van der Waals surface area contributed by atoms with Gasteiger partial charge in [0.25, 0.3) is 5.91 Å². The highest BCUT2D eigenvalue weighted by Gasteiger charge is 2.50. The molecular weight excluding hydrogens is 374 g/mol. The van der Waals surface area contributed by atoms with E-state index >= 15 is 0 Å². The summed E-state index contributed by atoms with van der Waals surface area (Å²) in [6.45, 7) is 0.339. The van der Waals surface area contributed by atoms with Crippen LogP contribution in [-0.4, -0.2) is 55.0 Å². The number of hydrogen-bond donors (Lipinski definition) is 2. The van der Waals surface area contributed by atoms with Gasteiger partial charge in [0, 0.05) is 25.8 Å². The van der Waals surface area contributed by atoms with Gasteiger partial charge in [-0.3, -0.25) is 10.1 Å². The lowest BCUT2D eigenvalue weighted by Crippen LogP contribution is -2.67. The van der Waals surface area contributed by atoms with Crippen LogP contribution in [0.5, 0.6) is 0 Å². The topological polar surface area (TPSA) is 115 Å². The van der Waals surface area contributed by atoms with E-state index in [-0.39, 0.29) is 13.1 Å². The fraction of sp³-hybridized carbons (Fsp3) is 0.312. The lowest BCUT2D eigenvalue weighted by atomic mass is 9.98. The van der Waals surface area contributed by atoms with Crippen molar-refractivity contribution in [1.82, 2.24) is 14.6 Å². The third kappa shape index (κ3) is 3.47. The van der Waals surface area contributed by atoms with Crippen molar-refractivity contribution in [3.05, 3.63) is 36.5 Å². The van der Waals surface area contributed by atoms with Crippen LogP contribution in [0.3, 0.4) is 0 Å². The van der Waals surface area contributed by atoms with Gasteiger partial charge >= 0.3 is 0 Å². The van der Waals surface area contributed by atoms with Crippen LogP contribution in [0.1, 0.15) is 0 Å². The van der Waals surface area contributed by atoms with Crippen LogP contribution in [-0.2, 0) is 14.8 Å². The number of nitrogens with one attached hydrogen (secondary N) is 2. The minimum absolute atomic E-state index is 0.0486. The van der Waals surface area contributed by atoms with Crippen LogP contribution in [0, 0.1) is 11.3 Å². The summed E-state index contributed by atoms with van der Waals surface area (Å²) in [4.78, 5) is 17.8. The molecule has 1 aliphatic heterocycles. The maximum absolute atomic E-state index is 12.8. The predicted molar refractivity (Wildman–Crippen MR) is 98.9 cm³/mol. The van der Waals surface area contributed by atoms with Crippen molar-refractivity contribution >= 4 is 32.4 Å². The number of carbonyl (C=O) groups excluding carboxylic acids is 1. The second-order valence-electron chi connectivity index (χ2n) is 5.83. The predicted octanol–water partition coefficient (Wildman–Crippen LogP) is 0.876. The summed E-state index contributed by atoms with van der Waals surface area (Å²) in [6, 6.07) is 11.4. The van der Waals surface area contributed by atoms with Crippen LogP contribution in [0.2, 0.25) is 0 Å². The molecule has 2 heterocycles. The molecule has 26 heavy (non-hydrogen) atoms. The molecule has 1 unspecified atom stereocenters. The smallest absolute Gasteiger partial charge is 0.263 e. The first-order valence-corrected chi connectivity index (χ1v) is 10.5. The van der Waals surface area contributed by atoms with Gasteiger partial charge in [0.1, 0.15) is 0 Å². The van der Waals surface area contributed by atoms with E-state index in [2.05, 4.69) is 15.6 Å². The van der Waals surface area contributed by atoms with Crippen molar-refractivity contribution in [1.29, 1.82) is 5.26 Å². The number of amides is 1. The van der Waals surface area contributed by atoms with Crippen molar-refractivity contribution in [3.8, 4) is 16.5 Å². The van der Waals surface area contributed by atoms with Gasteiger partial charge < -0.3 is 5.32 Å². The Morgan fingerprint density at radius 3 is 2.81 bits per heavy atom. The Kier molecular flexibility index (Phi) is 5.06. The molecule has 0 aliphatic carbocycles. The van der Waals surface area contributed by atoms with Gasteiger partial charge in [-0.2, -0.15) is 9.57 Å². The molecule has 1 fully saturated rings. The Hall–Kier alpha value is -2.32. The molecule has 1 amide bonds. The molecule has 2 aromatic rings. The molecule has 0 spiro atoms. The number of carbonyl (C=O) groups is 1. The lowest BCUT2D eigenvalue weighted by Gasteiger charge is -2.39. The average Bonchev–Trinajstić information content (AvgIpc) is 3.10. The molecule has 1 aliphatic rings. The highest BCUT2D eigenvalue weighted by Crippen LogP contribution is 2.30. The van der Waals surface area contributed by atoms with Gasteiger partial charge in [-0.15, -0.1) is 0 Å². The fourth-order valence-electron chi connectivity index (χ4n) is 2.79. The number of benzene rings is 1. The molecule has 10 heteroatoms. The van der Waals surface area contributed by atoms with E-state index in [0.717, 1.165) is 21.0 Å². The number of anilines is 1. The maximum atomic E-state index is 12.8. The Bertz CT molecular complexity index is 952. The minimum Gasteiger partial charge on any atom is -0.312 e. The number of nitrogens with zero attached hydrogens (tertiary/aromatic N) is 3. The Balaban J connectivity index is 1.86. The summed E-state index contributed by atoms with van der Waals surface area (Å²) in [5, 5.41) is 15.5. The van der Waals surface area contributed by atoms with E-state index in [1.165, 1.54) is 11.3 Å². The zero-order chi connectivity index (χ0) is 18.8. The zero-order valence-corrected chi connectivity index (χ0v) is 15.6. The highest BCUT2D eigenvalue weighted by atomic mass is 32.2. The first-order chi connectivity index (χ1) is 12.4. The van der Waals surface area contributed by atoms with Crippen molar-refractivity contribution in [2.75, 3.05) is 31.2 Å². The molecule has 0 radical (unpaired) electrons. The zero-order valence-electron chi connectivity index (χ0n) is 14.0. The monoisotopic (exact) mass is 391 g/mol. The quantitative estimate of drug-likeness (QED) is 0.799. The van der Waals surface area contributed by atoms with Crippen LogP contribution >= 0.6 is 11.3 Å². The SMILES string of the molecule is CS(=O)(=O)N1CCNCC1(C#N)C(=O)Nc1ncc(-c2ccccc2)s1. The van der Waals surface area contributed by atoms with Crippen LogP contribution < -0.4 is 10.6 Å². The van der Waals surface area contributed by atoms with Crippen LogP contribution in [0.15, 0.2) is 36.5 Å². The molecule has 1 atom stereocenters. The van der Waals surface area contributed by atoms with E-state index in [9.17, 15) is 18.5 Å². The van der Waals surface area contributed by atoms with E-state index in [4.69, 9.17) is 0 Å². The fourth-order valence-corrected chi connectivity index (χ4v) is 4.78. The Morgan fingerprint density at radius 2 is 2.15 bits per heavy atom. The summed E-state index contributed by atoms with van der Waals surface area (Å²) < 4.78 is 25.1. The van der Waals surface area contributed by atoms with E-state index < -0.39 is 21.5 Å². The van der Waals surface area contributed by atoms with Gasteiger partial charge in [-0.25, -0.2) is 13.4 Å². The second kappa shape index (κ2) is 7.13. The van der Waals surface area contributed by atoms with Gasteiger partial charge in [-0.1, -0.05) is 41.7 Å². The van der Waals surface area contributed by atoms with Crippen molar-refractivity contribution < 1.29 is 13.2 Å². The number of sulfonamides is 1. The third-order valence-corrected chi connectivity index (χ3v) is 6.30. The third-order valence-electron chi connectivity index (χ3n) is 4.04. The molecule has 136 valence electrons. The summed E-state index contributed by atoms with van der Waals surface area (Å²) in [5.41, 5.74) is -0.887. The van der Waals surface area contributed by atoms with E-state index in [0.29, 0.717) is 11.7 Å². The molecule has 1 aromatic carbocycles. The van der Waals surface area contributed by atoms with Gasteiger partial charge in [0.05, 0.1) is 17.2 Å². The molecule has 1 aromatic heterocycles. The number of aromatic nitrogens is 1. The standard InChI is InChI=1S/C16H17N5O3S2/c1-26(23,24)21-8-7-18-11-16(21,10-17)14(22)20-15-19-9-13(25-15)12-5-3-2-4-6-12/h2-6,9,18H,7-8,11H2,1H3,(H,19,20,22). The summed E-state index contributed by atoms with van der Waals surface area (Å²) >= 11 is 1.26. The minimum atomic E-state index is -3.73. The molecule has 3 rings (SSSR count). The van der Waals surface area contributed by atoms with Gasteiger partial charge in [0.2, 0.25) is 15.6 Å². The number of piperazine rings is 1. The normalized spacial score (nSPS) is 21.1. The summed E-state index contributed by atoms with van der Waals surface area (Å²) in [5.74, 6) is -0.716.